The van der Waals surface area contributed by atoms with E-state index in [0.29, 0.717) is 0 Å². The van der Waals surface area contributed by atoms with E-state index < -0.39 is 0 Å². The molecular weight excluding hydrogens is 210 g/mol. The van der Waals surface area contributed by atoms with Crippen LogP contribution < -0.4 is 10.5 Å². The van der Waals surface area contributed by atoms with Crippen molar-refractivity contribution in [2.45, 2.75) is 24.8 Å². The van der Waals surface area contributed by atoms with Gasteiger partial charge in [0.15, 0.2) is 0 Å². The smallest absolute Gasteiger partial charge is 0.119 e. The van der Waals surface area contributed by atoms with E-state index in [1.54, 1.807) is 7.11 Å². The number of nitrogens with two attached hydrogens (primary N) is 1. The molecule has 0 atom stereocenters. The van der Waals surface area contributed by atoms with Gasteiger partial charge in [0.25, 0.3) is 0 Å². The summed E-state index contributed by atoms with van der Waals surface area (Å²) in [7, 11) is 1.70. The van der Waals surface area contributed by atoms with Gasteiger partial charge < -0.3 is 10.5 Å². The Hall–Kier alpha value is -1.54. The Balaban J connectivity index is 2.10. The molecule has 0 saturated heterocycles. The van der Waals surface area contributed by atoms with Crippen molar-refractivity contribution in [1.29, 1.82) is 0 Å². The highest BCUT2D eigenvalue weighted by Gasteiger charge is 2.34. The number of methoxy groups -OCH3 is 1. The maximum absolute atomic E-state index is 6.35. The molecule has 88 valence electrons. The minimum absolute atomic E-state index is 0.0860. The van der Waals surface area contributed by atoms with Gasteiger partial charge in [0.05, 0.1) is 7.11 Å². The van der Waals surface area contributed by atoms with Crippen molar-refractivity contribution in [1.82, 2.24) is 0 Å². The average Bonchev–Trinajstić information content (AvgIpc) is 2.34. The van der Waals surface area contributed by atoms with Crippen LogP contribution in [0.15, 0.2) is 36.4 Å². The number of rotatable bonds is 2. The molecule has 0 bridgehead atoms. The highest BCUT2D eigenvalue weighted by Crippen LogP contribution is 2.39. The number of benzene rings is 2. The lowest BCUT2D eigenvalue weighted by Crippen LogP contribution is -2.43. The molecule has 0 aliphatic heterocycles. The summed E-state index contributed by atoms with van der Waals surface area (Å²) in [5.41, 5.74) is 7.52. The molecule has 0 aromatic heterocycles. The normalized spacial score (nSPS) is 17.8. The standard InChI is InChI=1S/C15H17NO/c1-17-14-6-4-11-3-5-13(9-12(11)10-14)15(16)7-2-8-15/h3-6,9-10H,2,7-8,16H2,1H3. The van der Waals surface area contributed by atoms with Crippen LogP contribution in [0, 0.1) is 0 Å². The van der Waals surface area contributed by atoms with E-state index in [1.807, 2.05) is 6.07 Å². The van der Waals surface area contributed by atoms with Crippen LogP contribution in [-0.2, 0) is 5.54 Å². The van der Waals surface area contributed by atoms with Gasteiger partial charge in [-0.3, -0.25) is 0 Å². The van der Waals surface area contributed by atoms with Crippen LogP contribution >= 0.6 is 0 Å². The van der Waals surface area contributed by atoms with E-state index in [2.05, 4.69) is 30.3 Å². The lowest BCUT2D eigenvalue weighted by Gasteiger charge is -2.38. The first kappa shape index (κ1) is 10.6. The van der Waals surface area contributed by atoms with Crippen molar-refractivity contribution in [3.63, 3.8) is 0 Å². The largest absolute Gasteiger partial charge is 0.497 e. The van der Waals surface area contributed by atoms with E-state index in [-0.39, 0.29) is 5.54 Å². The molecule has 17 heavy (non-hydrogen) atoms. The van der Waals surface area contributed by atoms with Gasteiger partial charge in [0.1, 0.15) is 5.75 Å². The topological polar surface area (TPSA) is 35.2 Å². The fourth-order valence-corrected chi connectivity index (χ4v) is 2.51. The molecule has 2 aromatic rings. The Labute approximate surface area is 101 Å². The Bertz CT molecular complexity index is 558. The molecule has 2 heteroatoms. The van der Waals surface area contributed by atoms with Crippen LogP contribution in [0.5, 0.6) is 5.75 Å². The third-order valence-electron chi connectivity index (χ3n) is 3.87. The first-order chi connectivity index (χ1) is 8.21. The molecule has 3 rings (SSSR count). The highest BCUT2D eigenvalue weighted by atomic mass is 16.5. The van der Waals surface area contributed by atoms with Crippen LogP contribution in [0.2, 0.25) is 0 Å². The molecule has 0 unspecified atom stereocenters. The quantitative estimate of drug-likeness (QED) is 0.855. The summed E-state index contributed by atoms with van der Waals surface area (Å²) in [6.07, 6.45) is 3.44. The van der Waals surface area contributed by atoms with Gasteiger partial charge in [0, 0.05) is 5.54 Å². The van der Waals surface area contributed by atoms with Crippen molar-refractivity contribution < 1.29 is 4.74 Å². The summed E-state index contributed by atoms with van der Waals surface area (Å²) < 4.78 is 5.26. The zero-order chi connectivity index (χ0) is 11.9. The Kier molecular flexibility index (Phi) is 2.33. The predicted molar refractivity (Wildman–Crippen MR) is 70.2 cm³/mol. The van der Waals surface area contributed by atoms with Gasteiger partial charge >= 0.3 is 0 Å². The first-order valence-electron chi connectivity index (χ1n) is 6.08. The zero-order valence-electron chi connectivity index (χ0n) is 10.1. The molecule has 1 saturated carbocycles. The van der Waals surface area contributed by atoms with Crippen LogP contribution in [-0.4, -0.2) is 7.11 Å². The van der Waals surface area contributed by atoms with Gasteiger partial charge in [0.2, 0.25) is 0 Å². The molecule has 2 N–H and O–H groups in total. The number of hydrogen-bond donors (Lipinski definition) is 1. The van der Waals surface area contributed by atoms with Crippen molar-refractivity contribution in [2.75, 3.05) is 7.11 Å². The fraction of sp³-hybridized carbons (Fsp3) is 0.333. The predicted octanol–water partition coefficient (Wildman–Crippen LogP) is 3.19. The summed E-state index contributed by atoms with van der Waals surface area (Å²) in [5, 5.41) is 2.44. The summed E-state index contributed by atoms with van der Waals surface area (Å²) >= 11 is 0. The lowest BCUT2D eigenvalue weighted by atomic mass is 9.72. The second kappa shape index (κ2) is 3.74. The average molecular weight is 227 g/mol. The van der Waals surface area contributed by atoms with Crippen molar-refractivity contribution in [3.8, 4) is 5.75 Å². The number of ether oxygens (including phenoxy) is 1. The number of hydrogen-bond acceptors (Lipinski definition) is 2. The third-order valence-corrected chi connectivity index (χ3v) is 3.87. The van der Waals surface area contributed by atoms with Gasteiger partial charge in [-0.2, -0.15) is 0 Å². The summed E-state index contributed by atoms with van der Waals surface area (Å²) in [5.74, 6) is 0.898. The van der Waals surface area contributed by atoms with Gasteiger partial charge in [-0.05, 0) is 53.8 Å². The maximum Gasteiger partial charge on any atom is 0.119 e. The molecule has 1 aliphatic rings. The second-order valence-electron chi connectivity index (χ2n) is 4.94. The monoisotopic (exact) mass is 227 g/mol. The molecular formula is C15H17NO. The Morgan fingerprint density at radius 3 is 2.47 bits per heavy atom. The van der Waals surface area contributed by atoms with E-state index in [4.69, 9.17) is 10.5 Å². The third kappa shape index (κ3) is 1.69. The maximum atomic E-state index is 6.35. The van der Waals surface area contributed by atoms with Crippen LogP contribution in [0.3, 0.4) is 0 Å². The Morgan fingerprint density at radius 2 is 1.82 bits per heavy atom. The van der Waals surface area contributed by atoms with Gasteiger partial charge in [-0.25, -0.2) is 0 Å². The van der Waals surface area contributed by atoms with Crippen molar-refractivity contribution in [2.24, 2.45) is 5.73 Å². The first-order valence-corrected chi connectivity index (χ1v) is 6.08. The summed E-state index contributed by atoms with van der Waals surface area (Å²) in [6.45, 7) is 0. The van der Waals surface area contributed by atoms with E-state index >= 15 is 0 Å². The lowest BCUT2D eigenvalue weighted by molar-refractivity contribution is 0.254. The van der Waals surface area contributed by atoms with Crippen LogP contribution in [0.1, 0.15) is 24.8 Å². The second-order valence-corrected chi connectivity index (χ2v) is 4.94. The van der Waals surface area contributed by atoms with Crippen molar-refractivity contribution >= 4 is 10.8 Å². The number of fused-ring (bicyclic) bond motifs is 1. The Morgan fingerprint density at radius 1 is 1.06 bits per heavy atom. The summed E-state index contributed by atoms with van der Waals surface area (Å²) in [6, 6.07) is 12.7. The fourth-order valence-electron chi connectivity index (χ4n) is 2.51. The van der Waals surface area contributed by atoms with Gasteiger partial charge in [-0.1, -0.05) is 18.2 Å². The zero-order valence-corrected chi connectivity index (χ0v) is 10.1. The SMILES string of the molecule is COc1ccc2ccc(C3(N)CCC3)cc2c1. The minimum Gasteiger partial charge on any atom is -0.497 e. The molecule has 1 aliphatic carbocycles. The molecule has 2 aromatic carbocycles. The molecule has 0 amide bonds. The van der Waals surface area contributed by atoms with E-state index in [0.717, 1.165) is 18.6 Å². The van der Waals surface area contributed by atoms with Crippen LogP contribution in [0.4, 0.5) is 0 Å². The minimum atomic E-state index is -0.0860. The molecule has 2 nitrogen and oxygen atoms in total. The van der Waals surface area contributed by atoms with Gasteiger partial charge in [-0.15, -0.1) is 0 Å². The highest BCUT2D eigenvalue weighted by molar-refractivity contribution is 5.84. The van der Waals surface area contributed by atoms with Crippen molar-refractivity contribution in [3.05, 3.63) is 42.0 Å². The molecule has 0 spiro atoms. The van der Waals surface area contributed by atoms with E-state index in [9.17, 15) is 0 Å². The summed E-state index contributed by atoms with van der Waals surface area (Å²) in [4.78, 5) is 0. The molecule has 1 fully saturated rings. The molecule has 0 heterocycles. The molecule has 0 radical (unpaired) electrons. The van der Waals surface area contributed by atoms with E-state index in [1.165, 1.54) is 22.8 Å². The van der Waals surface area contributed by atoms with Crippen LogP contribution in [0.25, 0.3) is 10.8 Å².